The normalized spacial score (nSPS) is 17.0. The summed E-state index contributed by atoms with van der Waals surface area (Å²) < 4.78 is 0. The van der Waals surface area contributed by atoms with Gasteiger partial charge in [-0.1, -0.05) is 0 Å². The van der Waals surface area contributed by atoms with Crippen LogP contribution in [-0.4, -0.2) is 56.8 Å². The molecule has 0 rings (SSSR count). The maximum atomic E-state index is 9.96. The van der Waals surface area contributed by atoms with Crippen LogP contribution in [0.2, 0.25) is 0 Å². The summed E-state index contributed by atoms with van der Waals surface area (Å²) in [7, 11) is 0. The predicted octanol–water partition coefficient (Wildman–Crippen LogP) is -12.1. The van der Waals surface area contributed by atoms with Gasteiger partial charge < -0.3 is 40.2 Å². The molecular weight excluding hydrogens is 466 g/mol. The van der Waals surface area contributed by atoms with Crippen molar-refractivity contribution in [2.24, 2.45) is 0 Å². The minimum absolute atomic E-state index is 0. The van der Waals surface area contributed by atoms with Crippen LogP contribution in [0, 0.1) is 0 Å². The van der Waals surface area contributed by atoms with E-state index in [9.17, 15) is 19.8 Å². The third-order valence-corrected chi connectivity index (χ3v) is 1.48. The van der Waals surface area contributed by atoms with Gasteiger partial charge in [0.1, 0.15) is 24.4 Å². The van der Waals surface area contributed by atoms with Gasteiger partial charge >= 0.3 is 138 Å². The number of hydrogen-bond donors (Lipinski definition) is 4. The Bertz CT molecular complexity index is 211. The number of aliphatic hydroxyl groups excluding tert-OH is 4. The summed E-state index contributed by atoms with van der Waals surface area (Å²) in [6.07, 6.45) is -9.76. The summed E-state index contributed by atoms with van der Waals surface area (Å²) >= 11 is 0. The molecule has 0 fully saturated rings. The molecule has 0 amide bonds. The molecule has 0 heterocycles. The quantitative estimate of drug-likeness (QED) is 0.306. The van der Waals surface area contributed by atoms with E-state index in [0.29, 0.717) is 0 Å². The SMILES string of the molecule is O=C([O-])[C@@H](O)[C@@H](O)[C@H](O)[C@@H](O)C(=O)[O-].[Cs+].[Cs+]. The Kier molecular flexibility index (Phi) is 17.5. The van der Waals surface area contributed by atoms with Crippen LogP contribution in [0.4, 0.5) is 0 Å². The monoisotopic (exact) mass is 474 g/mol. The van der Waals surface area contributed by atoms with Crippen molar-refractivity contribution in [1.82, 2.24) is 0 Å². The topological polar surface area (TPSA) is 161 Å². The van der Waals surface area contributed by atoms with Crippen molar-refractivity contribution in [1.29, 1.82) is 0 Å². The van der Waals surface area contributed by atoms with Gasteiger partial charge in [-0.15, -0.1) is 0 Å². The zero-order valence-electron chi connectivity index (χ0n) is 8.73. The summed E-state index contributed by atoms with van der Waals surface area (Å²) in [5, 5.41) is 54.7. The second kappa shape index (κ2) is 11.7. The molecule has 16 heavy (non-hydrogen) atoms. The van der Waals surface area contributed by atoms with E-state index in [-0.39, 0.29) is 138 Å². The molecule has 0 aliphatic carbocycles. The molecule has 0 radical (unpaired) electrons. The first-order chi connectivity index (χ1) is 6.29. The van der Waals surface area contributed by atoms with Crippen molar-refractivity contribution in [2.75, 3.05) is 0 Å². The standard InChI is InChI=1S/C6H10O8.2Cs/c7-1(3(9)5(11)12)2(8)4(10)6(13)14;;/h1-4,7-10H,(H,11,12)(H,13,14);;/q;2*+1/p-2/t1-,2-,3-,4+;;/m0../s1. The fourth-order valence-corrected chi connectivity index (χ4v) is 0.652. The number of aliphatic carboxylic acids is 2. The first kappa shape index (κ1) is 23.9. The van der Waals surface area contributed by atoms with Crippen molar-refractivity contribution in [2.45, 2.75) is 24.4 Å². The molecule has 0 unspecified atom stereocenters. The van der Waals surface area contributed by atoms with Crippen LogP contribution >= 0.6 is 0 Å². The fraction of sp³-hybridized carbons (Fsp3) is 0.667. The molecule has 0 spiro atoms. The molecule has 0 bridgehead atoms. The van der Waals surface area contributed by atoms with Crippen LogP contribution in [0.15, 0.2) is 0 Å². The van der Waals surface area contributed by atoms with Crippen LogP contribution in [0.3, 0.4) is 0 Å². The fourth-order valence-electron chi connectivity index (χ4n) is 0.652. The third-order valence-electron chi connectivity index (χ3n) is 1.48. The number of carboxylic acid groups (broad SMARTS) is 2. The Morgan fingerprint density at radius 2 is 0.938 bits per heavy atom. The van der Waals surface area contributed by atoms with E-state index in [2.05, 4.69) is 0 Å². The van der Waals surface area contributed by atoms with Gasteiger partial charge in [0, 0.05) is 0 Å². The van der Waals surface area contributed by atoms with Gasteiger partial charge in [0.2, 0.25) is 0 Å². The minimum Gasteiger partial charge on any atom is -0.547 e. The second-order valence-electron chi connectivity index (χ2n) is 2.51. The van der Waals surface area contributed by atoms with Crippen molar-refractivity contribution >= 4 is 11.9 Å². The molecule has 0 aromatic carbocycles. The molecule has 0 aromatic rings. The van der Waals surface area contributed by atoms with Gasteiger partial charge in [-0.05, 0) is 0 Å². The van der Waals surface area contributed by atoms with E-state index in [4.69, 9.17) is 20.4 Å². The zero-order valence-corrected chi connectivity index (χ0v) is 21.3. The smallest absolute Gasteiger partial charge is 0.547 e. The number of hydrogen-bond acceptors (Lipinski definition) is 8. The van der Waals surface area contributed by atoms with E-state index in [1.807, 2.05) is 0 Å². The second-order valence-corrected chi connectivity index (χ2v) is 2.51. The number of carbonyl (C=O) groups is 2. The van der Waals surface area contributed by atoms with E-state index in [1.54, 1.807) is 0 Å². The molecule has 0 aromatic heterocycles. The van der Waals surface area contributed by atoms with Crippen molar-refractivity contribution in [3.63, 3.8) is 0 Å². The number of rotatable bonds is 5. The zero-order chi connectivity index (χ0) is 11.5. The Hall–Kier alpha value is 2.88. The number of carboxylic acids is 2. The molecule has 8 nitrogen and oxygen atoms in total. The number of aliphatic hydroxyl groups is 4. The predicted molar refractivity (Wildman–Crippen MR) is 34.0 cm³/mol. The molecule has 10 heteroatoms. The van der Waals surface area contributed by atoms with Gasteiger partial charge in [-0.2, -0.15) is 0 Å². The molecule has 0 saturated heterocycles. The molecule has 82 valence electrons. The van der Waals surface area contributed by atoms with E-state index in [0.717, 1.165) is 0 Å². The van der Waals surface area contributed by atoms with Crippen LogP contribution < -0.4 is 148 Å². The van der Waals surface area contributed by atoms with Gasteiger partial charge in [0.05, 0.1) is 11.9 Å². The third kappa shape index (κ3) is 8.13. The maximum Gasteiger partial charge on any atom is 1.00 e. The summed E-state index contributed by atoms with van der Waals surface area (Å²) in [5.74, 6) is -4.22. The van der Waals surface area contributed by atoms with Gasteiger partial charge in [-0.25, -0.2) is 0 Å². The van der Waals surface area contributed by atoms with Crippen LogP contribution in [-0.2, 0) is 9.59 Å². The van der Waals surface area contributed by atoms with E-state index < -0.39 is 36.4 Å². The van der Waals surface area contributed by atoms with Crippen molar-refractivity contribution < 1.29 is 178 Å². The van der Waals surface area contributed by atoms with E-state index in [1.165, 1.54) is 0 Å². The van der Waals surface area contributed by atoms with Crippen LogP contribution in [0.1, 0.15) is 0 Å². The minimum atomic E-state index is -2.50. The Labute approximate surface area is 208 Å². The van der Waals surface area contributed by atoms with Gasteiger partial charge in [0.25, 0.3) is 0 Å². The first-order valence-electron chi connectivity index (χ1n) is 3.43. The average Bonchev–Trinajstić information content (AvgIpc) is 2.12. The van der Waals surface area contributed by atoms with Crippen molar-refractivity contribution in [3.05, 3.63) is 0 Å². The maximum absolute atomic E-state index is 9.96. The van der Waals surface area contributed by atoms with Crippen LogP contribution in [0.25, 0.3) is 0 Å². The van der Waals surface area contributed by atoms with E-state index >= 15 is 0 Å². The summed E-state index contributed by atoms with van der Waals surface area (Å²) in [4.78, 5) is 19.9. The Morgan fingerprint density at radius 3 is 1.06 bits per heavy atom. The van der Waals surface area contributed by atoms with Crippen molar-refractivity contribution in [3.8, 4) is 0 Å². The van der Waals surface area contributed by atoms with Crippen LogP contribution in [0.5, 0.6) is 0 Å². The molecule has 0 aliphatic rings. The molecule has 4 N–H and O–H groups in total. The largest absolute Gasteiger partial charge is 1.00 e. The van der Waals surface area contributed by atoms with Gasteiger partial charge in [0.15, 0.2) is 0 Å². The summed E-state index contributed by atoms with van der Waals surface area (Å²) in [5.41, 5.74) is 0. The number of carbonyl (C=O) groups excluding carboxylic acids is 2. The molecule has 0 aliphatic heterocycles. The molecule has 4 atom stereocenters. The molecular formula is C6H8Cs2O8. The van der Waals surface area contributed by atoms with Gasteiger partial charge in [-0.3, -0.25) is 0 Å². The summed E-state index contributed by atoms with van der Waals surface area (Å²) in [6, 6.07) is 0. The Balaban J connectivity index is -0.000000845. The molecule has 0 saturated carbocycles. The average molecular weight is 474 g/mol. The first-order valence-corrected chi connectivity index (χ1v) is 3.43. The summed E-state index contributed by atoms with van der Waals surface area (Å²) in [6.45, 7) is 0. The Morgan fingerprint density at radius 1 is 0.750 bits per heavy atom.